The Kier molecular flexibility index (Phi) is 7.60. The maximum absolute atomic E-state index is 11.1. The Balaban J connectivity index is 2.14. The number of hydrogen-bond donors (Lipinski definition) is 1. The molecule has 1 rings (SSSR count). The lowest BCUT2D eigenvalue weighted by molar-refractivity contribution is -0.139. The molecular weight excluding hydrogens is 413 g/mol. The smallest absolute Gasteiger partial charge is 0.319 e. The average molecular weight is 428 g/mol. The highest BCUT2D eigenvalue weighted by molar-refractivity contribution is 14.1. The summed E-state index contributed by atoms with van der Waals surface area (Å²) in [5.74, 6) is 0.612. The van der Waals surface area contributed by atoms with Crippen molar-refractivity contribution >= 4 is 44.5 Å². The Hall–Kier alpha value is -0.340. The van der Waals surface area contributed by atoms with Crippen molar-refractivity contribution in [2.24, 2.45) is 0 Å². The topological polar surface area (TPSA) is 47.6 Å². The van der Waals surface area contributed by atoms with Crippen LogP contribution in [-0.2, 0) is 9.53 Å². The van der Waals surface area contributed by atoms with Crippen LogP contribution >= 0.6 is 38.5 Å². The van der Waals surface area contributed by atoms with E-state index in [1.807, 2.05) is 24.3 Å². The highest BCUT2D eigenvalue weighted by atomic mass is 127. The fraction of sp³-hybridized carbons (Fsp3) is 0.417. The van der Waals surface area contributed by atoms with Crippen molar-refractivity contribution in [3.05, 3.63) is 28.7 Å². The number of esters is 1. The summed E-state index contributed by atoms with van der Waals surface area (Å²) >= 11 is 5.43. The Labute approximate surface area is 129 Å². The van der Waals surface area contributed by atoms with Crippen molar-refractivity contribution in [2.45, 2.75) is 3.92 Å². The van der Waals surface area contributed by atoms with Gasteiger partial charge >= 0.3 is 5.97 Å². The standard InChI is InChI=1S/C12H15BrINO3/c1-17-12(16)11(14)8-15-5-6-18-10-4-2-3-9(13)7-10/h2-4,7,11,15H,5-6,8H2,1H3. The summed E-state index contributed by atoms with van der Waals surface area (Å²) in [6.45, 7) is 1.82. The molecule has 6 heteroatoms. The molecule has 0 spiro atoms. The molecule has 0 aliphatic carbocycles. The summed E-state index contributed by atoms with van der Waals surface area (Å²) < 4.78 is 11.0. The van der Waals surface area contributed by atoms with Crippen molar-refractivity contribution in [2.75, 3.05) is 26.8 Å². The molecule has 0 bridgehead atoms. The lowest BCUT2D eigenvalue weighted by atomic mass is 10.3. The van der Waals surface area contributed by atoms with E-state index >= 15 is 0 Å². The zero-order valence-electron chi connectivity index (χ0n) is 9.99. The molecule has 0 aliphatic rings. The molecule has 0 fully saturated rings. The molecule has 0 aliphatic heterocycles. The van der Waals surface area contributed by atoms with Gasteiger partial charge in [-0.3, -0.25) is 4.79 Å². The third kappa shape index (κ3) is 6.01. The van der Waals surface area contributed by atoms with Crippen molar-refractivity contribution in [3.63, 3.8) is 0 Å². The van der Waals surface area contributed by atoms with Crippen molar-refractivity contribution in [1.82, 2.24) is 5.32 Å². The first-order valence-electron chi connectivity index (χ1n) is 5.44. The first-order valence-corrected chi connectivity index (χ1v) is 7.48. The second-order valence-corrected chi connectivity index (χ2v) is 5.92. The van der Waals surface area contributed by atoms with Gasteiger partial charge < -0.3 is 14.8 Å². The zero-order valence-corrected chi connectivity index (χ0v) is 13.7. The molecule has 1 aromatic carbocycles. The molecule has 1 N–H and O–H groups in total. The summed E-state index contributed by atoms with van der Waals surface area (Å²) in [6, 6.07) is 7.68. The van der Waals surface area contributed by atoms with E-state index in [1.165, 1.54) is 7.11 Å². The lowest BCUT2D eigenvalue weighted by Gasteiger charge is -2.10. The van der Waals surface area contributed by atoms with Crippen molar-refractivity contribution in [3.8, 4) is 5.75 Å². The Bertz CT molecular complexity index is 389. The number of nitrogens with one attached hydrogen (secondary N) is 1. The highest BCUT2D eigenvalue weighted by Gasteiger charge is 2.13. The first kappa shape index (κ1) is 15.7. The number of benzene rings is 1. The van der Waals surface area contributed by atoms with Crippen LogP contribution in [0.2, 0.25) is 0 Å². The van der Waals surface area contributed by atoms with Crippen LogP contribution in [0, 0.1) is 0 Å². The van der Waals surface area contributed by atoms with Crippen LogP contribution in [0.25, 0.3) is 0 Å². The number of carbonyl (C=O) groups excluding carboxylic acids is 1. The van der Waals surface area contributed by atoms with E-state index in [2.05, 4.69) is 48.6 Å². The van der Waals surface area contributed by atoms with Gasteiger partial charge in [-0.05, 0) is 18.2 Å². The van der Waals surface area contributed by atoms with Gasteiger partial charge in [0.15, 0.2) is 0 Å². The van der Waals surface area contributed by atoms with Gasteiger partial charge in [0.2, 0.25) is 0 Å². The summed E-state index contributed by atoms with van der Waals surface area (Å²) in [4.78, 5) is 11.1. The minimum absolute atomic E-state index is 0.168. The van der Waals surface area contributed by atoms with E-state index in [1.54, 1.807) is 0 Å². The SMILES string of the molecule is COC(=O)C(I)CNCCOc1cccc(Br)c1. The van der Waals surface area contributed by atoms with E-state index < -0.39 is 0 Å². The van der Waals surface area contributed by atoms with Gasteiger partial charge in [-0.1, -0.05) is 44.6 Å². The van der Waals surface area contributed by atoms with Gasteiger partial charge in [-0.15, -0.1) is 0 Å². The summed E-state index contributed by atoms with van der Waals surface area (Å²) in [6.07, 6.45) is 0. The number of ether oxygens (including phenoxy) is 2. The number of halogens is 2. The molecule has 1 atom stereocenters. The van der Waals surface area contributed by atoms with E-state index in [9.17, 15) is 4.79 Å². The quantitative estimate of drug-likeness (QED) is 0.314. The molecule has 0 radical (unpaired) electrons. The van der Waals surface area contributed by atoms with Gasteiger partial charge in [0.1, 0.15) is 16.3 Å². The predicted molar refractivity (Wildman–Crippen MR) is 82.3 cm³/mol. The van der Waals surface area contributed by atoms with Gasteiger partial charge in [0, 0.05) is 17.6 Å². The van der Waals surface area contributed by atoms with Crippen molar-refractivity contribution < 1.29 is 14.3 Å². The molecule has 100 valence electrons. The Morgan fingerprint density at radius 1 is 1.56 bits per heavy atom. The van der Waals surface area contributed by atoms with Crippen LogP contribution in [0.4, 0.5) is 0 Å². The third-order valence-electron chi connectivity index (χ3n) is 2.12. The highest BCUT2D eigenvalue weighted by Crippen LogP contribution is 2.17. The minimum Gasteiger partial charge on any atom is -0.492 e. The van der Waals surface area contributed by atoms with Gasteiger partial charge in [0.25, 0.3) is 0 Å². The number of rotatable bonds is 7. The molecule has 1 unspecified atom stereocenters. The second-order valence-electron chi connectivity index (χ2n) is 3.50. The van der Waals surface area contributed by atoms with E-state index in [0.717, 1.165) is 10.2 Å². The number of carbonyl (C=O) groups is 1. The lowest BCUT2D eigenvalue weighted by Crippen LogP contribution is -2.32. The van der Waals surface area contributed by atoms with Crippen LogP contribution in [0.3, 0.4) is 0 Å². The van der Waals surface area contributed by atoms with Crippen LogP contribution < -0.4 is 10.1 Å². The molecule has 18 heavy (non-hydrogen) atoms. The second kappa shape index (κ2) is 8.71. The Morgan fingerprint density at radius 3 is 3.00 bits per heavy atom. The van der Waals surface area contributed by atoms with Crippen molar-refractivity contribution in [1.29, 1.82) is 0 Å². The predicted octanol–water partition coefficient (Wildman–Crippen LogP) is 2.39. The van der Waals surface area contributed by atoms with Gasteiger partial charge in [0.05, 0.1) is 7.11 Å². The van der Waals surface area contributed by atoms with Crippen LogP contribution in [0.5, 0.6) is 5.75 Å². The van der Waals surface area contributed by atoms with E-state index in [4.69, 9.17) is 4.74 Å². The molecule has 4 nitrogen and oxygen atoms in total. The third-order valence-corrected chi connectivity index (χ3v) is 3.57. The molecule has 0 heterocycles. The normalized spacial score (nSPS) is 11.9. The number of methoxy groups -OCH3 is 1. The monoisotopic (exact) mass is 427 g/mol. The minimum atomic E-state index is -0.212. The molecule has 0 saturated heterocycles. The van der Waals surface area contributed by atoms with Crippen LogP contribution in [0.15, 0.2) is 28.7 Å². The van der Waals surface area contributed by atoms with Crippen LogP contribution in [-0.4, -0.2) is 36.7 Å². The maximum Gasteiger partial charge on any atom is 0.319 e. The maximum atomic E-state index is 11.1. The van der Waals surface area contributed by atoms with Gasteiger partial charge in [-0.25, -0.2) is 0 Å². The molecule has 0 amide bonds. The first-order chi connectivity index (χ1) is 8.63. The molecular formula is C12H15BrINO3. The summed E-state index contributed by atoms with van der Waals surface area (Å²) in [5.41, 5.74) is 0. The average Bonchev–Trinajstić information content (AvgIpc) is 2.37. The largest absolute Gasteiger partial charge is 0.492 e. The zero-order chi connectivity index (χ0) is 13.4. The summed E-state index contributed by atoms with van der Waals surface area (Å²) in [5, 5.41) is 3.14. The fourth-order valence-corrected chi connectivity index (χ4v) is 2.18. The molecule has 1 aromatic rings. The summed E-state index contributed by atoms with van der Waals surface area (Å²) in [7, 11) is 1.39. The van der Waals surface area contributed by atoms with Crippen LogP contribution in [0.1, 0.15) is 0 Å². The number of alkyl halides is 1. The fourth-order valence-electron chi connectivity index (χ4n) is 1.24. The molecule has 0 saturated carbocycles. The van der Waals surface area contributed by atoms with Gasteiger partial charge in [-0.2, -0.15) is 0 Å². The Morgan fingerprint density at radius 2 is 2.33 bits per heavy atom. The van der Waals surface area contributed by atoms with E-state index in [-0.39, 0.29) is 9.89 Å². The number of hydrogen-bond acceptors (Lipinski definition) is 4. The van der Waals surface area contributed by atoms with E-state index in [0.29, 0.717) is 19.7 Å². The molecule has 0 aromatic heterocycles.